The fourth-order valence-electron chi connectivity index (χ4n) is 1.58. The molecule has 0 heterocycles. The van der Waals surface area contributed by atoms with E-state index in [0.717, 1.165) is 18.2 Å². The van der Waals surface area contributed by atoms with E-state index in [1.807, 2.05) is 6.07 Å². The summed E-state index contributed by atoms with van der Waals surface area (Å²) < 4.78 is 56.7. The minimum Gasteiger partial charge on any atom is -0.492 e. The first-order chi connectivity index (χ1) is 9.96. The van der Waals surface area contributed by atoms with Crippen LogP contribution in [-0.2, 0) is 10.0 Å². The van der Waals surface area contributed by atoms with Crippen molar-refractivity contribution >= 4 is 15.7 Å². The summed E-state index contributed by atoms with van der Waals surface area (Å²) in [5, 5.41) is 0. The highest BCUT2D eigenvalue weighted by Crippen LogP contribution is 2.15. The second-order valence-corrected chi connectivity index (χ2v) is 6.05. The molecule has 0 radical (unpaired) electrons. The zero-order valence-electron chi connectivity index (χ0n) is 10.9. The summed E-state index contributed by atoms with van der Waals surface area (Å²) in [6.07, 6.45) is 0. The molecule has 0 aromatic heterocycles. The lowest BCUT2D eigenvalue weighted by Gasteiger charge is -2.09. The number of hydrogen-bond acceptors (Lipinski definition) is 3. The lowest BCUT2D eigenvalue weighted by molar-refractivity contribution is 0.341. The maximum atomic E-state index is 13.0. The molecule has 112 valence electrons. The molecule has 0 spiro atoms. The smallest absolute Gasteiger partial charge is 0.236 e. The van der Waals surface area contributed by atoms with Gasteiger partial charge in [0.15, 0.2) is 11.6 Å². The van der Waals surface area contributed by atoms with E-state index < -0.39 is 21.7 Å². The Morgan fingerprint density at radius 1 is 1.00 bits per heavy atom. The highest BCUT2D eigenvalue weighted by molar-refractivity contribution is 7.92. The number of benzene rings is 2. The molecule has 0 bridgehead atoms. The van der Waals surface area contributed by atoms with E-state index in [-0.39, 0.29) is 18.0 Å². The number of anilines is 1. The standard InChI is InChI=1S/C14H13F2NO3S/c15-13-7-6-11(10-14(13)16)17-21(18,19)9-8-20-12-4-2-1-3-5-12/h1-7,10,17H,8-9H2. The highest BCUT2D eigenvalue weighted by atomic mass is 32.2. The zero-order chi connectivity index (χ0) is 15.3. The van der Waals surface area contributed by atoms with Gasteiger partial charge in [-0.15, -0.1) is 0 Å². The van der Waals surface area contributed by atoms with Crippen LogP contribution in [0.4, 0.5) is 14.5 Å². The number of halogens is 2. The maximum Gasteiger partial charge on any atom is 0.236 e. The Labute approximate surface area is 121 Å². The van der Waals surface area contributed by atoms with Gasteiger partial charge in [0, 0.05) is 6.07 Å². The zero-order valence-corrected chi connectivity index (χ0v) is 11.7. The largest absolute Gasteiger partial charge is 0.492 e. The van der Waals surface area contributed by atoms with Crippen molar-refractivity contribution in [3.63, 3.8) is 0 Å². The topological polar surface area (TPSA) is 55.4 Å². The molecule has 0 saturated heterocycles. The van der Waals surface area contributed by atoms with Crippen LogP contribution in [0.15, 0.2) is 48.5 Å². The van der Waals surface area contributed by atoms with Gasteiger partial charge in [0.2, 0.25) is 10.0 Å². The maximum absolute atomic E-state index is 13.0. The molecule has 0 aliphatic rings. The average Bonchev–Trinajstić information content (AvgIpc) is 2.43. The van der Waals surface area contributed by atoms with Crippen LogP contribution >= 0.6 is 0 Å². The van der Waals surface area contributed by atoms with Gasteiger partial charge in [-0.3, -0.25) is 4.72 Å². The van der Waals surface area contributed by atoms with Crippen LogP contribution in [0.25, 0.3) is 0 Å². The van der Waals surface area contributed by atoms with Gasteiger partial charge in [0.25, 0.3) is 0 Å². The lowest BCUT2D eigenvalue weighted by atomic mass is 10.3. The Bertz CT molecular complexity index is 705. The van der Waals surface area contributed by atoms with Crippen LogP contribution in [-0.4, -0.2) is 20.8 Å². The summed E-state index contributed by atoms with van der Waals surface area (Å²) in [5.41, 5.74) is -0.0337. The number of ether oxygens (including phenoxy) is 1. The summed E-state index contributed by atoms with van der Waals surface area (Å²) in [7, 11) is -3.70. The predicted octanol–water partition coefficient (Wildman–Crippen LogP) is 2.79. The average molecular weight is 313 g/mol. The first kappa shape index (κ1) is 15.2. The summed E-state index contributed by atoms with van der Waals surface area (Å²) in [6, 6.07) is 11.5. The lowest BCUT2D eigenvalue weighted by Crippen LogP contribution is -2.21. The van der Waals surface area contributed by atoms with Gasteiger partial charge in [-0.2, -0.15) is 0 Å². The van der Waals surface area contributed by atoms with Gasteiger partial charge in [-0.05, 0) is 24.3 Å². The predicted molar refractivity (Wildman–Crippen MR) is 75.7 cm³/mol. The Kier molecular flexibility index (Phi) is 4.74. The summed E-state index contributed by atoms with van der Waals surface area (Å²) in [6.45, 7) is -0.0526. The van der Waals surface area contributed by atoms with E-state index in [9.17, 15) is 17.2 Å². The van der Waals surface area contributed by atoms with Gasteiger partial charge < -0.3 is 4.74 Å². The third-order valence-corrected chi connectivity index (χ3v) is 3.81. The molecule has 0 saturated carbocycles. The number of nitrogens with one attached hydrogen (secondary N) is 1. The van der Waals surface area contributed by atoms with Crippen LogP contribution in [0.1, 0.15) is 0 Å². The van der Waals surface area contributed by atoms with Crippen molar-refractivity contribution in [2.75, 3.05) is 17.1 Å². The van der Waals surface area contributed by atoms with Crippen molar-refractivity contribution in [2.24, 2.45) is 0 Å². The molecule has 0 fully saturated rings. The number of rotatable bonds is 6. The second kappa shape index (κ2) is 6.53. The molecule has 2 aromatic rings. The molecule has 0 aliphatic heterocycles. The van der Waals surface area contributed by atoms with E-state index in [2.05, 4.69) is 4.72 Å². The summed E-state index contributed by atoms with van der Waals surface area (Å²) >= 11 is 0. The van der Waals surface area contributed by atoms with Gasteiger partial charge in [0.05, 0.1) is 5.69 Å². The van der Waals surface area contributed by atoms with Crippen LogP contribution in [0.3, 0.4) is 0 Å². The molecule has 1 N–H and O–H groups in total. The molecule has 0 amide bonds. The van der Waals surface area contributed by atoms with Crippen molar-refractivity contribution in [2.45, 2.75) is 0 Å². The van der Waals surface area contributed by atoms with E-state index in [1.165, 1.54) is 0 Å². The van der Waals surface area contributed by atoms with Crippen LogP contribution in [0.2, 0.25) is 0 Å². The van der Waals surface area contributed by atoms with Gasteiger partial charge in [-0.25, -0.2) is 17.2 Å². The van der Waals surface area contributed by atoms with E-state index in [0.29, 0.717) is 5.75 Å². The monoisotopic (exact) mass is 313 g/mol. The molecule has 7 heteroatoms. The first-order valence-electron chi connectivity index (χ1n) is 6.10. The molecular formula is C14H13F2NO3S. The Hall–Kier alpha value is -2.15. The first-order valence-corrected chi connectivity index (χ1v) is 7.75. The molecule has 0 aliphatic carbocycles. The van der Waals surface area contributed by atoms with Crippen molar-refractivity contribution in [1.82, 2.24) is 0 Å². The Morgan fingerprint density at radius 2 is 1.71 bits per heavy atom. The minimum absolute atomic E-state index is 0.0337. The fraction of sp³-hybridized carbons (Fsp3) is 0.143. The molecule has 0 atom stereocenters. The van der Waals surface area contributed by atoms with Crippen LogP contribution < -0.4 is 9.46 Å². The molecule has 2 rings (SSSR count). The third kappa shape index (κ3) is 4.71. The molecule has 4 nitrogen and oxygen atoms in total. The van der Waals surface area contributed by atoms with E-state index in [1.54, 1.807) is 24.3 Å². The highest BCUT2D eigenvalue weighted by Gasteiger charge is 2.12. The fourth-order valence-corrected chi connectivity index (χ4v) is 2.47. The minimum atomic E-state index is -3.70. The summed E-state index contributed by atoms with van der Waals surface area (Å²) in [4.78, 5) is 0. The van der Waals surface area contributed by atoms with Crippen LogP contribution in [0.5, 0.6) is 5.75 Å². The Balaban J connectivity index is 1.91. The van der Waals surface area contributed by atoms with E-state index in [4.69, 9.17) is 4.74 Å². The van der Waals surface area contributed by atoms with Crippen molar-refractivity contribution < 1.29 is 21.9 Å². The summed E-state index contributed by atoms with van der Waals surface area (Å²) in [5.74, 6) is -1.90. The molecule has 21 heavy (non-hydrogen) atoms. The van der Waals surface area contributed by atoms with Gasteiger partial charge in [-0.1, -0.05) is 18.2 Å². The SMILES string of the molecule is O=S(=O)(CCOc1ccccc1)Nc1ccc(F)c(F)c1. The number of sulfonamides is 1. The molecule has 2 aromatic carbocycles. The van der Waals surface area contributed by atoms with Crippen molar-refractivity contribution in [3.05, 3.63) is 60.2 Å². The number of para-hydroxylation sites is 1. The van der Waals surface area contributed by atoms with Crippen LogP contribution in [0, 0.1) is 11.6 Å². The number of hydrogen-bond donors (Lipinski definition) is 1. The second-order valence-electron chi connectivity index (χ2n) is 4.21. The molecular weight excluding hydrogens is 300 g/mol. The van der Waals surface area contributed by atoms with E-state index >= 15 is 0 Å². The quantitative estimate of drug-likeness (QED) is 0.892. The van der Waals surface area contributed by atoms with Crippen molar-refractivity contribution in [3.8, 4) is 5.75 Å². The van der Waals surface area contributed by atoms with Gasteiger partial charge >= 0.3 is 0 Å². The van der Waals surface area contributed by atoms with Gasteiger partial charge in [0.1, 0.15) is 18.1 Å². The normalized spacial score (nSPS) is 11.1. The van der Waals surface area contributed by atoms with Crippen molar-refractivity contribution in [1.29, 1.82) is 0 Å². The Morgan fingerprint density at radius 3 is 2.38 bits per heavy atom. The molecule has 0 unspecified atom stereocenters. The third-order valence-electron chi connectivity index (χ3n) is 2.56.